The van der Waals surface area contributed by atoms with Gasteiger partial charge in [-0.05, 0) is 0 Å². The molecule has 3 heteroatoms. The summed E-state index contributed by atoms with van der Waals surface area (Å²) in [5, 5.41) is 0.896. The van der Waals surface area contributed by atoms with Crippen molar-refractivity contribution in [2.45, 2.75) is 12.7 Å². The van der Waals surface area contributed by atoms with E-state index in [1.165, 1.54) is 0 Å². The molecule has 0 bridgehead atoms. The Balaban J connectivity index is 1.86. The van der Waals surface area contributed by atoms with Gasteiger partial charge in [-0.2, -0.15) is 0 Å². The summed E-state index contributed by atoms with van der Waals surface area (Å²) in [4.78, 5) is 0. The molecule has 0 aromatic heterocycles. The van der Waals surface area contributed by atoms with Crippen molar-refractivity contribution in [1.29, 1.82) is 0 Å². The Bertz CT molecular complexity index is 63.4. The molecule has 2 nitrogen and oxygen atoms in total. The fourth-order valence-corrected chi connectivity index (χ4v) is 0.708. The summed E-state index contributed by atoms with van der Waals surface area (Å²) < 4.78 is 10.1. The Morgan fingerprint density at radius 3 is 2.88 bits per heavy atom. The first-order chi connectivity index (χ1) is 3.93. The van der Waals surface area contributed by atoms with Crippen molar-refractivity contribution < 1.29 is 9.47 Å². The molecule has 0 spiro atoms. The average Bonchev–Trinajstić information content (AvgIpc) is 1.63. The van der Waals surface area contributed by atoms with Crippen molar-refractivity contribution in [3.05, 3.63) is 0 Å². The third kappa shape index (κ3) is 1.73. The lowest BCUT2D eigenvalue weighted by atomic mass is 10.3. The minimum atomic E-state index is 0.104. The summed E-state index contributed by atoms with van der Waals surface area (Å²) in [5.41, 5.74) is 0. The highest BCUT2D eigenvalue weighted by molar-refractivity contribution is 9.09. The van der Waals surface area contributed by atoms with Crippen LogP contribution in [0, 0.1) is 0 Å². The normalized spacial score (nSPS) is 27.4. The first-order valence-corrected chi connectivity index (χ1v) is 3.85. The van der Waals surface area contributed by atoms with Crippen molar-refractivity contribution in [2.24, 2.45) is 0 Å². The van der Waals surface area contributed by atoms with E-state index in [0.717, 1.165) is 25.0 Å². The van der Waals surface area contributed by atoms with Crippen LogP contribution in [-0.4, -0.2) is 24.8 Å². The minimum Gasteiger partial charge on any atom is -0.352 e. The van der Waals surface area contributed by atoms with Crippen LogP contribution < -0.4 is 0 Å². The molecule has 0 aliphatic carbocycles. The number of ether oxygens (including phenoxy) is 2. The molecule has 0 saturated carbocycles. The lowest BCUT2D eigenvalue weighted by molar-refractivity contribution is -0.211. The van der Waals surface area contributed by atoms with Crippen molar-refractivity contribution in [3.63, 3.8) is 0 Å². The van der Waals surface area contributed by atoms with E-state index in [9.17, 15) is 0 Å². The summed E-state index contributed by atoms with van der Waals surface area (Å²) in [6.07, 6.45) is 1.17. The van der Waals surface area contributed by atoms with Gasteiger partial charge in [-0.1, -0.05) is 15.9 Å². The molecule has 1 aliphatic rings. The highest BCUT2D eigenvalue weighted by Crippen LogP contribution is 2.11. The van der Waals surface area contributed by atoms with Gasteiger partial charge in [0, 0.05) is 11.8 Å². The van der Waals surface area contributed by atoms with E-state index in [1.807, 2.05) is 0 Å². The van der Waals surface area contributed by atoms with Gasteiger partial charge in [-0.25, -0.2) is 0 Å². The van der Waals surface area contributed by atoms with Gasteiger partial charge in [-0.15, -0.1) is 0 Å². The molecule has 1 aliphatic heterocycles. The van der Waals surface area contributed by atoms with Crippen molar-refractivity contribution in [1.82, 2.24) is 0 Å². The van der Waals surface area contributed by atoms with Crippen molar-refractivity contribution >= 4 is 15.9 Å². The Morgan fingerprint density at radius 1 is 1.75 bits per heavy atom. The molecular weight excluding hydrogens is 172 g/mol. The van der Waals surface area contributed by atoms with E-state index < -0.39 is 0 Å². The first-order valence-electron chi connectivity index (χ1n) is 2.72. The number of hydrogen-bond acceptors (Lipinski definition) is 2. The standard InChI is InChI=1S/C5H9BrO2/c6-2-4-8-5-1-3-7-5/h5H,1-4H2. The van der Waals surface area contributed by atoms with Gasteiger partial charge in [0.25, 0.3) is 0 Å². The number of hydrogen-bond donors (Lipinski definition) is 0. The van der Waals surface area contributed by atoms with Crippen LogP contribution in [0.5, 0.6) is 0 Å². The van der Waals surface area contributed by atoms with Crippen LogP contribution in [0.2, 0.25) is 0 Å². The zero-order valence-electron chi connectivity index (χ0n) is 4.60. The summed E-state index contributed by atoms with van der Waals surface area (Å²) in [5.74, 6) is 0. The maximum atomic E-state index is 5.16. The van der Waals surface area contributed by atoms with Gasteiger partial charge in [0.1, 0.15) is 0 Å². The fourth-order valence-electron chi connectivity index (χ4n) is 0.522. The molecule has 1 saturated heterocycles. The average molecular weight is 181 g/mol. The molecule has 48 valence electrons. The summed E-state index contributed by atoms with van der Waals surface area (Å²) in [6, 6.07) is 0. The molecule has 0 N–H and O–H groups in total. The predicted octanol–water partition coefficient (Wildman–Crippen LogP) is 1.14. The van der Waals surface area contributed by atoms with Crippen LogP contribution in [0.25, 0.3) is 0 Å². The first kappa shape index (κ1) is 6.52. The van der Waals surface area contributed by atoms with Crippen molar-refractivity contribution in [2.75, 3.05) is 18.5 Å². The summed E-state index contributed by atoms with van der Waals surface area (Å²) >= 11 is 3.25. The van der Waals surface area contributed by atoms with E-state index in [0.29, 0.717) is 0 Å². The van der Waals surface area contributed by atoms with Gasteiger partial charge in [-0.3, -0.25) is 0 Å². The van der Waals surface area contributed by atoms with E-state index >= 15 is 0 Å². The Morgan fingerprint density at radius 2 is 2.50 bits per heavy atom. The largest absolute Gasteiger partial charge is 0.352 e. The molecule has 1 heterocycles. The van der Waals surface area contributed by atoms with Crippen molar-refractivity contribution in [3.8, 4) is 0 Å². The molecule has 1 fully saturated rings. The van der Waals surface area contributed by atoms with Crippen LogP contribution in [0.3, 0.4) is 0 Å². The molecular formula is C5H9BrO2. The Kier molecular flexibility index (Phi) is 2.80. The lowest BCUT2D eigenvalue weighted by Crippen LogP contribution is -2.30. The number of rotatable bonds is 3. The fraction of sp³-hybridized carbons (Fsp3) is 1.00. The van der Waals surface area contributed by atoms with Crippen LogP contribution in [0.15, 0.2) is 0 Å². The maximum Gasteiger partial charge on any atom is 0.159 e. The smallest absolute Gasteiger partial charge is 0.159 e. The molecule has 1 rings (SSSR count). The molecule has 0 aromatic rings. The summed E-state index contributed by atoms with van der Waals surface area (Å²) in [7, 11) is 0. The SMILES string of the molecule is BrCCOC1CCO1. The van der Waals surface area contributed by atoms with E-state index in [-0.39, 0.29) is 6.29 Å². The van der Waals surface area contributed by atoms with Gasteiger partial charge in [0.05, 0.1) is 13.2 Å². The topological polar surface area (TPSA) is 18.5 Å². The zero-order chi connectivity index (χ0) is 5.82. The van der Waals surface area contributed by atoms with Gasteiger partial charge in [0.15, 0.2) is 6.29 Å². The van der Waals surface area contributed by atoms with Crippen LogP contribution in [0.1, 0.15) is 6.42 Å². The number of alkyl halides is 1. The monoisotopic (exact) mass is 180 g/mol. The maximum absolute atomic E-state index is 5.16. The van der Waals surface area contributed by atoms with Gasteiger partial charge < -0.3 is 9.47 Å². The number of halogens is 1. The molecule has 1 unspecified atom stereocenters. The molecule has 0 radical (unpaired) electrons. The third-order valence-electron chi connectivity index (χ3n) is 1.04. The molecule has 1 atom stereocenters. The van der Waals surface area contributed by atoms with E-state index in [1.54, 1.807) is 0 Å². The predicted molar refractivity (Wildman–Crippen MR) is 34.1 cm³/mol. The highest BCUT2D eigenvalue weighted by atomic mass is 79.9. The second-order valence-corrected chi connectivity index (χ2v) is 2.44. The van der Waals surface area contributed by atoms with Crippen LogP contribution in [0.4, 0.5) is 0 Å². The van der Waals surface area contributed by atoms with Gasteiger partial charge >= 0.3 is 0 Å². The third-order valence-corrected chi connectivity index (χ3v) is 1.36. The Hall–Kier alpha value is 0.400. The van der Waals surface area contributed by atoms with E-state index in [4.69, 9.17) is 9.47 Å². The highest BCUT2D eigenvalue weighted by Gasteiger charge is 2.17. The van der Waals surface area contributed by atoms with Crippen LogP contribution in [-0.2, 0) is 9.47 Å². The lowest BCUT2D eigenvalue weighted by Gasteiger charge is -2.25. The zero-order valence-corrected chi connectivity index (χ0v) is 6.19. The molecule has 8 heavy (non-hydrogen) atoms. The second-order valence-electron chi connectivity index (χ2n) is 1.65. The second kappa shape index (κ2) is 3.43. The Labute approximate surface area is 57.3 Å². The van der Waals surface area contributed by atoms with Crippen LogP contribution >= 0.6 is 15.9 Å². The molecule has 0 aromatic carbocycles. The summed E-state index contributed by atoms with van der Waals surface area (Å²) in [6.45, 7) is 1.62. The quantitative estimate of drug-likeness (QED) is 0.608. The minimum absolute atomic E-state index is 0.104. The van der Waals surface area contributed by atoms with Gasteiger partial charge in [0.2, 0.25) is 0 Å². The van der Waals surface area contributed by atoms with E-state index in [2.05, 4.69) is 15.9 Å². The molecule has 0 amide bonds.